The normalized spacial score (nSPS) is 12.7. The zero-order valence-electron chi connectivity index (χ0n) is 18.9. The summed E-state index contributed by atoms with van der Waals surface area (Å²) in [6.07, 6.45) is -4.16. The molecule has 1 N–H and O–H groups in total. The summed E-state index contributed by atoms with van der Waals surface area (Å²) >= 11 is 1.42. The van der Waals surface area contributed by atoms with Crippen LogP contribution in [0.4, 0.5) is 13.2 Å². The molecule has 0 aliphatic rings. The maximum absolute atomic E-state index is 12.9. The number of hydrogen-bond acceptors (Lipinski definition) is 4. The second-order valence-electron chi connectivity index (χ2n) is 8.24. The molecule has 0 amide bonds. The first kappa shape index (κ1) is 24.8. The van der Waals surface area contributed by atoms with Crippen molar-refractivity contribution in [3.05, 3.63) is 69.7 Å². The molecule has 1 unspecified atom stereocenters. The molecule has 2 aromatic carbocycles. The van der Waals surface area contributed by atoms with E-state index in [4.69, 9.17) is 14.8 Å². The van der Waals surface area contributed by atoms with Crippen LogP contribution in [-0.4, -0.2) is 16.1 Å². The van der Waals surface area contributed by atoms with Crippen molar-refractivity contribution in [2.75, 3.05) is 0 Å². The third kappa shape index (κ3) is 6.13. The summed E-state index contributed by atoms with van der Waals surface area (Å²) in [6, 6.07) is 10.6. The molecule has 8 heteroatoms. The van der Waals surface area contributed by atoms with Gasteiger partial charge in [0.15, 0.2) is 0 Å². The van der Waals surface area contributed by atoms with Crippen LogP contribution in [-0.2, 0) is 17.4 Å². The number of ether oxygens (including phenoxy) is 1. The van der Waals surface area contributed by atoms with Crippen LogP contribution in [0.2, 0.25) is 0 Å². The van der Waals surface area contributed by atoms with Gasteiger partial charge < -0.3 is 9.84 Å². The highest BCUT2D eigenvalue weighted by Gasteiger charge is 2.30. The van der Waals surface area contributed by atoms with E-state index in [1.165, 1.54) is 23.5 Å². The number of aliphatic carboxylic acids is 1. The number of aryl methyl sites for hydroxylation is 2. The van der Waals surface area contributed by atoms with Crippen molar-refractivity contribution < 1.29 is 27.8 Å². The molecule has 3 aromatic rings. The number of aromatic nitrogens is 1. The van der Waals surface area contributed by atoms with Gasteiger partial charge in [0, 0.05) is 12.0 Å². The van der Waals surface area contributed by atoms with Crippen molar-refractivity contribution in [1.82, 2.24) is 4.98 Å². The number of benzene rings is 2. The van der Waals surface area contributed by atoms with Crippen molar-refractivity contribution in [3.63, 3.8) is 0 Å². The fourth-order valence-electron chi connectivity index (χ4n) is 3.50. The maximum Gasteiger partial charge on any atom is 0.416 e. The molecule has 0 saturated carbocycles. The molecule has 1 aromatic heterocycles. The second-order valence-corrected chi connectivity index (χ2v) is 9.27. The van der Waals surface area contributed by atoms with E-state index in [-0.39, 0.29) is 18.4 Å². The average Bonchev–Trinajstić information content (AvgIpc) is 3.18. The zero-order valence-corrected chi connectivity index (χ0v) is 19.7. The third-order valence-corrected chi connectivity index (χ3v) is 6.57. The van der Waals surface area contributed by atoms with Crippen molar-refractivity contribution in [2.45, 2.75) is 58.7 Å². The molecule has 4 nitrogen and oxygen atoms in total. The topological polar surface area (TPSA) is 59.4 Å². The standard InChI is InChI=1S/C25H26F3NO3S/c1-14(2)22-23(33-24(29-22)18-5-9-19(10-6-18)25(26,27)28)16(4)32-20-11-7-17(15(3)13-20)8-12-21(30)31/h5-7,9-11,13-14,16H,8,12H2,1-4H3,(H,30,31). The highest BCUT2D eigenvalue weighted by Crippen LogP contribution is 2.38. The summed E-state index contributed by atoms with van der Waals surface area (Å²) in [5.41, 5.74) is 2.72. The molecule has 3 rings (SSSR count). The lowest BCUT2D eigenvalue weighted by molar-refractivity contribution is -0.138. The molecule has 0 spiro atoms. The molecule has 0 aliphatic heterocycles. The molecule has 33 heavy (non-hydrogen) atoms. The quantitative estimate of drug-likeness (QED) is 0.367. The van der Waals surface area contributed by atoms with Gasteiger partial charge in [-0.2, -0.15) is 13.2 Å². The van der Waals surface area contributed by atoms with Crippen molar-refractivity contribution >= 4 is 17.3 Å². The minimum atomic E-state index is -4.38. The molecule has 0 fully saturated rings. The van der Waals surface area contributed by atoms with Crippen LogP contribution in [0.25, 0.3) is 10.6 Å². The van der Waals surface area contributed by atoms with Gasteiger partial charge in [-0.1, -0.05) is 32.0 Å². The Bertz CT molecular complexity index is 1120. The zero-order chi connectivity index (χ0) is 24.3. The van der Waals surface area contributed by atoms with Crippen LogP contribution in [0.3, 0.4) is 0 Å². The van der Waals surface area contributed by atoms with Gasteiger partial charge in [-0.25, -0.2) is 4.98 Å². The first-order valence-corrected chi connectivity index (χ1v) is 11.4. The minimum Gasteiger partial charge on any atom is -0.485 e. The van der Waals surface area contributed by atoms with Crippen LogP contribution in [0.5, 0.6) is 5.75 Å². The largest absolute Gasteiger partial charge is 0.485 e. The Balaban J connectivity index is 1.83. The number of thiazole rings is 1. The van der Waals surface area contributed by atoms with Gasteiger partial charge in [0.2, 0.25) is 0 Å². The van der Waals surface area contributed by atoms with Gasteiger partial charge in [-0.05, 0) is 61.6 Å². The molecule has 176 valence electrons. The third-order valence-electron chi connectivity index (χ3n) is 5.29. The highest BCUT2D eigenvalue weighted by atomic mass is 32.1. The van der Waals surface area contributed by atoms with E-state index in [0.717, 1.165) is 33.8 Å². The van der Waals surface area contributed by atoms with E-state index in [1.54, 1.807) is 0 Å². The first-order valence-electron chi connectivity index (χ1n) is 10.6. The summed E-state index contributed by atoms with van der Waals surface area (Å²) < 4.78 is 44.8. The van der Waals surface area contributed by atoms with Gasteiger partial charge in [-0.3, -0.25) is 4.79 Å². The number of halogens is 3. The average molecular weight is 478 g/mol. The fraction of sp³-hybridized carbons (Fsp3) is 0.360. The van der Waals surface area contributed by atoms with Gasteiger partial charge >= 0.3 is 12.1 Å². The van der Waals surface area contributed by atoms with E-state index in [9.17, 15) is 18.0 Å². The summed E-state index contributed by atoms with van der Waals surface area (Å²) in [7, 11) is 0. The Morgan fingerprint density at radius 1 is 1.12 bits per heavy atom. The number of carboxylic acid groups (broad SMARTS) is 1. The van der Waals surface area contributed by atoms with Crippen LogP contribution in [0.1, 0.15) is 66.5 Å². The monoisotopic (exact) mass is 477 g/mol. The lowest BCUT2D eigenvalue weighted by Gasteiger charge is -2.17. The van der Waals surface area contributed by atoms with Crippen molar-refractivity contribution in [1.29, 1.82) is 0 Å². The van der Waals surface area contributed by atoms with Crippen LogP contribution < -0.4 is 4.74 Å². The van der Waals surface area contributed by atoms with Crippen LogP contribution in [0, 0.1) is 6.92 Å². The molecule has 0 bridgehead atoms. The van der Waals surface area contributed by atoms with E-state index in [1.807, 2.05) is 45.9 Å². The molecular weight excluding hydrogens is 451 g/mol. The number of rotatable bonds is 8. The van der Waals surface area contributed by atoms with E-state index in [0.29, 0.717) is 22.7 Å². The number of carbonyl (C=O) groups is 1. The Labute approximate surface area is 195 Å². The van der Waals surface area contributed by atoms with Gasteiger partial charge in [0.05, 0.1) is 16.1 Å². The first-order chi connectivity index (χ1) is 15.5. The second kappa shape index (κ2) is 9.95. The Morgan fingerprint density at radius 3 is 2.33 bits per heavy atom. The predicted molar refractivity (Wildman–Crippen MR) is 123 cm³/mol. The SMILES string of the molecule is Cc1cc(OC(C)c2sc(-c3ccc(C(F)(F)F)cc3)nc2C(C)C)ccc1CCC(=O)O. The summed E-state index contributed by atoms with van der Waals surface area (Å²) in [5.74, 6) is -0.0532. The molecule has 1 atom stereocenters. The summed E-state index contributed by atoms with van der Waals surface area (Å²) in [5, 5.41) is 9.54. The molecule has 1 heterocycles. The number of hydrogen-bond donors (Lipinski definition) is 1. The van der Waals surface area contributed by atoms with Crippen molar-refractivity contribution in [3.8, 4) is 16.3 Å². The smallest absolute Gasteiger partial charge is 0.416 e. The number of alkyl halides is 3. The van der Waals surface area contributed by atoms with E-state index in [2.05, 4.69) is 0 Å². The molecular formula is C25H26F3NO3S. The lowest BCUT2D eigenvalue weighted by Crippen LogP contribution is -2.06. The highest BCUT2D eigenvalue weighted by molar-refractivity contribution is 7.15. The van der Waals surface area contributed by atoms with E-state index >= 15 is 0 Å². The lowest BCUT2D eigenvalue weighted by atomic mass is 10.0. The van der Waals surface area contributed by atoms with Crippen LogP contribution >= 0.6 is 11.3 Å². The molecule has 0 aliphatic carbocycles. The van der Waals surface area contributed by atoms with E-state index < -0.39 is 17.7 Å². The predicted octanol–water partition coefficient (Wildman–Crippen LogP) is 7.42. The molecule has 0 radical (unpaired) electrons. The van der Waals surface area contributed by atoms with Crippen molar-refractivity contribution in [2.24, 2.45) is 0 Å². The Hall–Kier alpha value is -2.87. The fourth-order valence-corrected chi connectivity index (χ4v) is 4.70. The van der Waals surface area contributed by atoms with Crippen LogP contribution in [0.15, 0.2) is 42.5 Å². The molecule has 0 saturated heterocycles. The Morgan fingerprint density at radius 2 is 1.79 bits per heavy atom. The summed E-state index contributed by atoms with van der Waals surface area (Å²) in [6.45, 7) is 7.87. The summed E-state index contributed by atoms with van der Waals surface area (Å²) in [4.78, 5) is 16.5. The Kier molecular flexibility index (Phi) is 7.47. The number of carboxylic acids is 1. The number of nitrogens with zero attached hydrogens (tertiary/aromatic N) is 1. The van der Waals surface area contributed by atoms with Gasteiger partial charge in [0.1, 0.15) is 16.9 Å². The minimum absolute atomic E-state index is 0.0722. The van der Waals surface area contributed by atoms with Gasteiger partial charge in [-0.15, -0.1) is 11.3 Å². The van der Waals surface area contributed by atoms with Gasteiger partial charge in [0.25, 0.3) is 0 Å². The maximum atomic E-state index is 12.9.